The average Bonchev–Trinajstić information content (AvgIpc) is 2.85. The van der Waals surface area contributed by atoms with Crippen LogP contribution in [-0.2, 0) is 32.0 Å². The molecule has 2 rings (SSSR count). The third-order valence-corrected chi connectivity index (χ3v) is 5.81. The van der Waals surface area contributed by atoms with Gasteiger partial charge < -0.3 is 37.0 Å². The van der Waals surface area contributed by atoms with Gasteiger partial charge in [-0.2, -0.15) is 0 Å². The van der Waals surface area contributed by atoms with Gasteiger partial charge in [0.15, 0.2) is 0 Å². The van der Waals surface area contributed by atoms with Crippen molar-refractivity contribution >= 4 is 23.7 Å². The first-order chi connectivity index (χ1) is 17.8. The predicted octanol–water partition coefficient (Wildman–Crippen LogP) is 0.815. The summed E-state index contributed by atoms with van der Waals surface area (Å²) in [5, 5.41) is 36.0. The van der Waals surface area contributed by atoms with Gasteiger partial charge in [0, 0.05) is 6.42 Å². The maximum absolute atomic E-state index is 13.0. The monoisotopic (exact) mass is 528 g/mol. The molecule has 0 fully saturated rings. The number of carboxylic acids is 1. The Hall–Kier alpha value is -4.12. The molecule has 4 atom stereocenters. The fourth-order valence-corrected chi connectivity index (χ4v) is 3.70. The molecule has 38 heavy (non-hydrogen) atoms. The number of aromatic hydroxyl groups is 2. The maximum atomic E-state index is 13.0. The Kier molecular flexibility index (Phi) is 11.1. The van der Waals surface area contributed by atoms with E-state index in [1.807, 2.05) is 13.8 Å². The molecule has 2 aromatic rings. The fourth-order valence-electron chi connectivity index (χ4n) is 3.70. The second-order valence-electron chi connectivity index (χ2n) is 9.67. The van der Waals surface area contributed by atoms with Crippen molar-refractivity contribution in [2.45, 2.75) is 64.2 Å². The molecule has 8 N–H and O–H groups in total. The Morgan fingerprint density at radius 1 is 0.711 bits per heavy atom. The van der Waals surface area contributed by atoms with E-state index in [0.29, 0.717) is 5.56 Å². The van der Waals surface area contributed by atoms with Gasteiger partial charge in [-0.1, -0.05) is 38.1 Å². The molecule has 0 aliphatic carbocycles. The Balaban J connectivity index is 2.00. The second-order valence-corrected chi connectivity index (χ2v) is 9.67. The lowest BCUT2D eigenvalue weighted by atomic mass is 10.0. The van der Waals surface area contributed by atoms with Gasteiger partial charge in [-0.25, -0.2) is 4.79 Å². The van der Waals surface area contributed by atoms with Gasteiger partial charge in [-0.3, -0.25) is 14.4 Å². The van der Waals surface area contributed by atoms with E-state index >= 15 is 0 Å². The summed E-state index contributed by atoms with van der Waals surface area (Å²) in [5.74, 6) is -2.98. The van der Waals surface area contributed by atoms with Crippen molar-refractivity contribution in [1.82, 2.24) is 16.0 Å². The molecule has 0 spiro atoms. The van der Waals surface area contributed by atoms with Crippen LogP contribution in [0.1, 0.15) is 38.3 Å². The molecule has 0 saturated carbocycles. The zero-order valence-corrected chi connectivity index (χ0v) is 21.7. The van der Waals surface area contributed by atoms with Crippen LogP contribution in [0.25, 0.3) is 0 Å². The van der Waals surface area contributed by atoms with Crippen molar-refractivity contribution in [2.24, 2.45) is 11.7 Å². The van der Waals surface area contributed by atoms with E-state index in [2.05, 4.69) is 16.0 Å². The molecule has 3 amide bonds. The van der Waals surface area contributed by atoms with Gasteiger partial charge in [0.05, 0.1) is 6.04 Å². The maximum Gasteiger partial charge on any atom is 0.326 e. The largest absolute Gasteiger partial charge is 0.508 e. The van der Waals surface area contributed by atoms with Crippen LogP contribution in [0.5, 0.6) is 11.5 Å². The third-order valence-electron chi connectivity index (χ3n) is 5.81. The van der Waals surface area contributed by atoms with Crippen LogP contribution in [0.3, 0.4) is 0 Å². The number of aliphatic carboxylic acids is 1. The number of amides is 3. The zero-order chi connectivity index (χ0) is 28.4. The lowest BCUT2D eigenvalue weighted by molar-refractivity contribution is -0.142. The van der Waals surface area contributed by atoms with Gasteiger partial charge in [0.25, 0.3) is 0 Å². The number of carboxylic acid groups (broad SMARTS) is 1. The van der Waals surface area contributed by atoms with Crippen molar-refractivity contribution in [1.29, 1.82) is 0 Å². The third kappa shape index (κ3) is 9.74. The topological polar surface area (TPSA) is 191 Å². The lowest BCUT2D eigenvalue weighted by Crippen LogP contribution is -2.57. The summed E-state index contributed by atoms with van der Waals surface area (Å²) in [5.41, 5.74) is 7.30. The van der Waals surface area contributed by atoms with Gasteiger partial charge >= 0.3 is 5.97 Å². The lowest BCUT2D eigenvalue weighted by Gasteiger charge is -2.25. The molecule has 2 aromatic carbocycles. The minimum Gasteiger partial charge on any atom is -0.508 e. The highest BCUT2D eigenvalue weighted by Gasteiger charge is 2.29. The summed E-state index contributed by atoms with van der Waals surface area (Å²) in [4.78, 5) is 50.1. The normalized spacial score (nSPS) is 14.1. The first-order valence-electron chi connectivity index (χ1n) is 12.3. The molecule has 4 unspecified atom stereocenters. The summed E-state index contributed by atoms with van der Waals surface area (Å²) in [6.45, 7) is 5.16. The molecular formula is C27H36N4O7. The van der Waals surface area contributed by atoms with Crippen molar-refractivity contribution in [3.63, 3.8) is 0 Å². The van der Waals surface area contributed by atoms with Crippen molar-refractivity contribution in [2.75, 3.05) is 0 Å². The Labute approximate surface area is 221 Å². The van der Waals surface area contributed by atoms with E-state index in [9.17, 15) is 34.5 Å². The molecule has 11 nitrogen and oxygen atoms in total. The molecular weight excluding hydrogens is 492 g/mol. The fraction of sp³-hybridized carbons (Fsp3) is 0.407. The van der Waals surface area contributed by atoms with Crippen LogP contribution in [0.15, 0.2) is 48.5 Å². The minimum absolute atomic E-state index is 0.00458. The van der Waals surface area contributed by atoms with E-state index in [1.165, 1.54) is 31.2 Å². The number of carbonyl (C=O) groups excluding carboxylic acids is 3. The molecule has 0 heterocycles. The summed E-state index contributed by atoms with van der Waals surface area (Å²) < 4.78 is 0. The summed E-state index contributed by atoms with van der Waals surface area (Å²) >= 11 is 0. The average molecular weight is 529 g/mol. The Bertz CT molecular complexity index is 1100. The summed E-state index contributed by atoms with van der Waals surface area (Å²) in [6.07, 6.45) is 0.412. The Morgan fingerprint density at radius 2 is 1.18 bits per heavy atom. The number of hydrogen-bond acceptors (Lipinski definition) is 7. The second kappa shape index (κ2) is 14.0. The van der Waals surface area contributed by atoms with Crippen molar-refractivity contribution < 1.29 is 34.5 Å². The number of benzene rings is 2. The van der Waals surface area contributed by atoms with E-state index in [4.69, 9.17) is 5.73 Å². The molecule has 206 valence electrons. The van der Waals surface area contributed by atoms with Crippen LogP contribution in [0.2, 0.25) is 0 Å². The number of phenols is 2. The highest BCUT2D eigenvalue weighted by atomic mass is 16.4. The van der Waals surface area contributed by atoms with Gasteiger partial charge in [-0.05, 0) is 61.1 Å². The highest BCUT2D eigenvalue weighted by molar-refractivity contribution is 5.94. The predicted molar refractivity (Wildman–Crippen MR) is 140 cm³/mol. The van der Waals surface area contributed by atoms with Crippen LogP contribution in [0.4, 0.5) is 0 Å². The molecule has 11 heteroatoms. The number of hydrogen-bond donors (Lipinski definition) is 7. The zero-order valence-electron chi connectivity index (χ0n) is 21.7. The first kappa shape index (κ1) is 30.1. The van der Waals surface area contributed by atoms with Crippen molar-refractivity contribution in [3.05, 3.63) is 59.7 Å². The molecule has 0 aliphatic heterocycles. The minimum atomic E-state index is -1.26. The first-order valence-corrected chi connectivity index (χ1v) is 12.3. The number of nitrogens with two attached hydrogens (primary N) is 1. The van der Waals surface area contributed by atoms with Crippen molar-refractivity contribution in [3.8, 4) is 11.5 Å². The van der Waals surface area contributed by atoms with E-state index in [-0.39, 0.29) is 36.7 Å². The van der Waals surface area contributed by atoms with E-state index in [1.54, 1.807) is 24.3 Å². The number of nitrogens with one attached hydrogen (secondary N) is 3. The standard InChI is InChI=1S/C27H36N4O7/c1-15(2)12-22(26(36)31-23(27(37)38)14-18-6-10-20(33)11-7-18)30-24(34)16(3)29-25(35)21(28)13-17-4-8-19(32)9-5-17/h4-11,15-16,21-23,32-33H,12-14,28H2,1-3H3,(H,29,35)(H,30,34)(H,31,36)(H,37,38). The van der Waals surface area contributed by atoms with Crippen LogP contribution < -0.4 is 21.7 Å². The smallest absolute Gasteiger partial charge is 0.326 e. The summed E-state index contributed by atoms with van der Waals surface area (Å²) in [7, 11) is 0. The SMILES string of the molecule is CC(C)CC(NC(=O)C(C)NC(=O)C(N)Cc1ccc(O)cc1)C(=O)NC(Cc1ccc(O)cc1)C(=O)O. The Morgan fingerprint density at radius 3 is 1.66 bits per heavy atom. The van der Waals surface area contributed by atoms with E-state index in [0.717, 1.165) is 5.56 Å². The molecule has 0 aliphatic rings. The van der Waals surface area contributed by atoms with Crippen LogP contribution in [-0.4, -0.2) is 63.2 Å². The number of phenolic OH excluding ortho intramolecular Hbond substituents is 2. The van der Waals surface area contributed by atoms with Crippen LogP contribution >= 0.6 is 0 Å². The quantitative estimate of drug-likeness (QED) is 0.199. The molecule has 0 aromatic heterocycles. The molecule has 0 saturated heterocycles. The van der Waals surface area contributed by atoms with Gasteiger partial charge in [-0.15, -0.1) is 0 Å². The van der Waals surface area contributed by atoms with Gasteiger partial charge in [0.1, 0.15) is 29.6 Å². The van der Waals surface area contributed by atoms with Crippen LogP contribution in [0, 0.1) is 5.92 Å². The number of rotatable bonds is 13. The van der Waals surface area contributed by atoms with Gasteiger partial charge in [0.2, 0.25) is 17.7 Å². The molecule has 0 radical (unpaired) electrons. The highest BCUT2D eigenvalue weighted by Crippen LogP contribution is 2.13. The molecule has 0 bridgehead atoms. The summed E-state index contributed by atoms with van der Waals surface area (Å²) in [6, 6.07) is 7.95. The number of carbonyl (C=O) groups is 4. The van der Waals surface area contributed by atoms with E-state index < -0.39 is 47.9 Å².